The fourth-order valence-corrected chi connectivity index (χ4v) is 2.89. The number of aliphatic hydroxyl groups is 2. The Morgan fingerprint density at radius 3 is 2.19 bits per heavy atom. The maximum absolute atomic E-state index is 12.0. The summed E-state index contributed by atoms with van der Waals surface area (Å²) in [6, 6.07) is 0. The molecule has 0 heterocycles. The van der Waals surface area contributed by atoms with Crippen LogP contribution < -0.4 is 5.32 Å². The molecule has 1 amide bonds. The second kappa shape index (κ2) is 4.34. The molecule has 2 fully saturated rings. The molecule has 2 unspecified atom stereocenters. The van der Waals surface area contributed by atoms with E-state index in [1.807, 2.05) is 0 Å². The first-order valence-corrected chi connectivity index (χ1v) is 6.15. The van der Waals surface area contributed by atoms with E-state index in [0.717, 1.165) is 12.8 Å². The summed E-state index contributed by atoms with van der Waals surface area (Å²) in [4.78, 5) is 12.0. The van der Waals surface area contributed by atoms with E-state index in [1.165, 1.54) is 12.8 Å². The maximum atomic E-state index is 12.0. The van der Waals surface area contributed by atoms with Crippen molar-refractivity contribution in [3.8, 4) is 0 Å². The molecule has 2 aliphatic carbocycles. The number of amides is 1. The van der Waals surface area contributed by atoms with Gasteiger partial charge in [0.25, 0.3) is 0 Å². The topological polar surface area (TPSA) is 69.6 Å². The second-order valence-electron chi connectivity index (χ2n) is 5.50. The summed E-state index contributed by atoms with van der Waals surface area (Å²) in [5.41, 5.74) is -0.872. The van der Waals surface area contributed by atoms with Gasteiger partial charge < -0.3 is 15.5 Å². The number of fused-ring (bicyclic) bond motifs is 1. The van der Waals surface area contributed by atoms with Crippen LogP contribution in [0, 0.1) is 17.8 Å². The predicted octanol–water partition coefficient (Wildman–Crippen LogP) is 0.282. The number of aliphatic hydroxyl groups excluding tert-OH is 2. The third-order valence-corrected chi connectivity index (χ3v) is 4.08. The number of carbonyl (C=O) groups is 1. The van der Waals surface area contributed by atoms with Crippen LogP contribution in [0.4, 0.5) is 0 Å². The Labute approximate surface area is 96.0 Å². The van der Waals surface area contributed by atoms with Gasteiger partial charge in [0.15, 0.2) is 0 Å². The monoisotopic (exact) mass is 227 g/mol. The average molecular weight is 227 g/mol. The summed E-state index contributed by atoms with van der Waals surface area (Å²) in [5, 5.41) is 21.0. The van der Waals surface area contributed by atoms with Crippen molar-refractivity contribution in [3.63, 3.8) is 0 Å². The lowest BCUT2D eigenvalue weighted by Crippen LogP contribution is -2.52. The first-order chi connectivity index (χ1) is 7.61. The minimum absolute atomic E-state index is 0.0162. The first-order valence-electron chi connectivity index (χ1n) is 6.15. The first kappa shape index (κ1) is 11.9. The Hall–Kier alpha value is -0.610. The molecular weight excluding hydrogens is 206 g/mol. The molecule has 16 heavy (non-hydrogen) atoms. The van der Waals surface area contributed by atoms with Crippen LogP contribution in [0.25, 0.3) is 0 Å². The van der Waals surface area contributed by atoms with Gasteiger partial charge in [-0.3, -0.25) is 4.79 Å². The van der Waals surface area contributed by atoms with Crippen molar-refractivity contribution in [2.75, 3.05) is 13.2 Å². The van der Waals surface area contributed by atoms with E-state index < -0.39 is 5.54 Å². The van der Waals surface area contributed by atoms with E-state index in [4.69, 9.17) is 10.2 Å². The zero-order valence-corrected chi connectivity index (χ0v) is 9.78. The average Bonchev–Trinajstić information content (AvgIpc) is 3.03. The van der Waals surface area contributed by atoms with E-state index in [9.17, 15) is 4.79 Å². The SMILES string of the molecule is CC(CO)(CO)NC(=O)C1C2CCCCC21. The Kier molecular flexibility index (Phi) is 3.22. The van der Waals surface area contributed by atoms with Gasteiger partial charge in [0.1, 0.15) is 0 Å². The third-order valence-electron chi connectivity index (χ3n) is 4.08. The minimum atomic E-state index is -0.872. The fourth-order valence-electron chi connectivity index (χ4n) is 2.89. The molecule has 0 spiro atoms. The predicted molar refractivity (Wildman–Crippen MR) is 59.7 cm³/mol. The van der Waals surface area contributed by atoms with Crippen molar-refractivity contribution in [2.45, 2.75) is 38.1 Å². The van der Waals surface area contributed by atoms with Gasteiger partial charge in [0.2, 0.25) is 5.91 Å². The van der Waals surface area contributed by atoms with Gasteiger partial charge in [-0.1, -0.05) is 12.8 Å². The standard InChI is InChI=1S/C12H21NO3/c1-12(6-14,7-15)13-11(16)10-8-4-2-3-5-9(8)10/h8-10,14-15H,2-7H2,1H3,(H,13,16). The fraction of sp³-hybridized carbons (Fsp3) is 0.917. The van der Waals surface area contributed by atoms with Crippen molar-refractivity contribution in [1.82, 2.24) is 5.32 Å². The Morgan fingerprint density at radius 2 is 1.75 bits per heavy atom. The van der Waals surface area contributed by atoms with E-state index in [0.29, 0.717) is 11.8 Å². The lowest BCUT2D eigenvalue weighted by molar-refractivity contribution is -0.125. The molecule has 3 N–H and O–H groups in total. The van der Waals surface area contributed by atoms with Gasteiger partial charge in [-0.25, -0.2) is 0 Å². The van der Waals surface area contributed by atoms with Crippen LogP contribution in [0.2, 0.25) is 0 Å². The summed E-state index contributed by atoms with van der Waals surface area (Å²) in [5.74, 6) is 1.29. The van der Waals surface area contributed by atoms with Crippen molar-refractivity contribution >= 4 is 5.91 Å². The molecule has 2 aliphatic rings. The highest BCUT2D eigenvalue weighted by Crippen LogP contribution is 2.55. The lowest BCUT2D eigenvalue weighted by atomic mass is 10.0. The summed E-state index contributed by atoms with van der Waals surface area (Å²) in [7, 11) is 0. The lowest BCUT2D eigenvalue weighted by Gasteiger charge is -2.26. The highest BCUT2D eigenvalue weighted by molar-refractivity contribution is 5.83. The van der Waals surface area contributed by atoms with Crippen LogP contribution in [0.1, 0.15) is 32.6 Å². The molecule has 2 atom stereocenters. The molecule has 0 aliphatic heterocycles. The molecule has 4 heteroatoms. The van der Waals surface area contributed by atoms with Gasteiger partial charge in [0.05, 0.1) is 18.8 Å². The van der Waals surface area contributed by atoms with Crippen molar-refractivity contribution in [1.29, 1.82) is 0 Å². The highest BCUT2D eigenvalue weighted by Gasteiger charge is 2.55. The third kappa shape index (κ3) is 2.09. The molecular formula is C12H21NO3. The largest absolute Gasteiger partial charge is 0.394 e. The smallest absolute Gasteiger partial charge is 0.224 e. The quantitative estimate of drug-likeness (QED) is 0.646. The minimum Gasteiger partial charge on any atom is -0.394 e. The number of hydrogen-bond donors (Lipinski definition) is 3. The molecule has 4 nitrogen and oxygen atoms in total. The molecule has 92 valence electrons. The Balaban J connectivity index is 1.89. The number of rotatable bonds is 4. The van der Waals surface area contributed by atoms with Crippen molar-refractivity contribution in [3.05, 3.63) is 0 Å². The number of nitrogens with one attached hydrogen (secondary N) is 1. The zero-order valence-electron chi connectivity index (χ0n) is 9.78. The van der Waals surface area contributed by atoms with Crippen LogP contribution in [-0.4, -0.2) is 34.9 Å². The molecule has 0 aromatic rings. The van der Waals surface area contributed by atoms with Crippen LogP contribution in [0.5, 0.6) is 0 Å². The molecule has 2 rings (SSSR count). The van der Waals surface area contributed by atoms with Crippen molar-refractivity contribution < 1.29 is 15.0 Å². The summed E-state index contributed by atoms with van der Waals surface area (Å²) in [6.07, 6.45) is 4.81. The van der Waals surface area contributed by atoms with E-state index in [-0.39, 0.29) is 25.0 Å². The van der Waals surface area contributed by atoms with E-state index >= 15 is 0 Å². The maximum Gasteiger partial charge on any atom is 0.224 e. The van der Waals surface area contributed by atoms with Gasteiger partial charge in [-0.2, -0.15) is 0 Å². The summed E-state index contributed by atoms with van der Waals surface area (Å²) in [6.45, 7) is 1.21. The van der Waals surface area contributed by atoms with Crippen LogP contribution >= 0.6 is 0 Å². The molecule has 0 bridgehead atoms. The number of hydrogen-bond acceptors (Lipinski definition) is 3. The Morgan fingerprint density at radius 1 is 1.25 bits per heavy atom. The Bertz CT molecular complexity index is 263. The summed E-state index contributed by atoms with van der Waals surface area (Å²) >= 11 is 0. The van der Waals surface area contributed by atoms with Gasteiger partial charge in [-0.05, 0) is 31.6 Å². The zero-order chi connectivity index (χ0) is 11.8. The van der Waals surface area contributed by atoms with Crippen molar-refractivity contribution in [2.24, 2.45) is 17.8 Å². The van der Waals surface area contributed by atoms with Gasteiger partial charge >= 0.3 is 0 Å². The molecule has 2 saturated carbocycles. The highest BCUT2D eigenvalue weighted by atomic mass is 16.3. The van der Waals surface area contributed by atoms with Gasteiger partial charge in [0, 0.05) is 5.92 Å². The van der Waals surface area contributed by atoms with E-state index in [1.54, 1.807) is 6.92 Å². The number of carbonyl (C=O) groups excluding carboxylic acids is 1. The second-order valence-corrected chi connectivity index (χ2v) is 5.50. The van der Waals surface area contributed by atoms with Crippen LogP contribution in [-0.2, 0) is 4.79 Å². The normalized spacial score (nSPS) is 33.1. The van der Waals surface area contributed by atoms with Gasteiger partial charge in [-0.15, -0.1) is 0 Å². The molecule has 0 saturated heterocycles. The van der Waals surface area contributed by atoms with Crippen LogP contribution in [0.15, 0.2) is 0 Å². The van der Waals surface area contributed by atoms with Crippen LogP contribution in [0.3, 0.4) is 0 Å². The van der Waals surface area contributed by atoms with E-state index in [2.05, 4.69) is 5.32 Å². The molecule has 0 radical (unpaired) electrons. The molecule has 0 aromatic carbocycles. The summed E-state index contributed by atoms with van der Waals surface area (Å²) < 4.78 is 0. The molecule has 0 aromatic heterocycles.